The first-order valence-electron chi connectivity index (χ1n) is 6.64. The molecule has 2 nitrogen and oxygen atoms in total. The monoisotopic (exact) mass is 210 g/mol. The summed E-state index contributed by atoms with van der Waals surface area (Å²) >= 11 is 0. The van der Waals surface area contributed by atoms with Crippen LogP contribution in [0.4, 0.5) is 0 Å². The fourth-order valence-corrected chi connectivity index (χ4v) is 3.56. The molecular weight excluding hydrogens is 184 g/mol. The number of likely N-dealkylation sites (tertiary alicyclic amines) is 1. The summed E-state index contributed by atoms with van der Waals surface area (Å²) in [4.78, 5) is 2.56. The van der Waals surface area contributed by atoms with Gasteiger partial charge in [-0.25, -0.2) is 0 Å². The van der Waals surface area contributed by atoms with Crippen LogP contribution in [0.25, 0.3) is 0 Å². The lowest BCUT2D eigenvalue weighted by molar-refractivity contribution is 0.0674. The Morgan fingerprint density at radius 1 is 1.27 bits per heavy atom. The van der Waals surface area contributed by atoms with Crippen molar-refractivity contribution in [1.82, 2.24) is 4.90 Å². The molecule has 88 valence electrons. The van der Waals surface area contributed by atoms with Gasteiger partial charge in [0.25, 0.3) is 0 Å². The first kappa shape index (κ1) is 11.4. The third-order valence-corrected chi connectivity index (χ3v) is 4.60. The zero-order valence-corrected chi connectivity index (χ0v) is 10.3. The first-order chi connectivity index (χ1) is 7.22. The second-order valence-electron chi connectivity index (χ2n) is 5.79. The Morgan fingerprint density at radius 2 is 2.07 bits per heavy atom. The third kappa shape index (κ3) is 2.36. The molecule has 15 heavy (non-hydrogen) atoms. The topological polar surface area (TPSA) is 29.3 Å². The molecule has 0 radical (unpaired) electrons. The minimum absolute atomic E-state index is 0.824. The van der Waals surface area contributed by atoms with Crippen LogP contribution in [0.5, 0.6) is 0 Å². The molecule has 0 spiro atoms. The fourth-order valence-electron chi connectivity index (χ4n) is 3.56. The zero-order chi connectivity index (χ0) is 10.8. The van der Waals surface area contributed by atoms with Crippen LogP contribution in [0, 0.1) is 23.7 Å². The lowest BCUT2D eigenvalue weighted by Crippen LogP contribution is -2.37. The molecule has 1 heterocycles. The maximum Gasteiger partial charge on any atom is 0.0105 e. The molecule has 3 unspecified atom stereocenters. The van der Waals surface area contributed by atoms with Crippen LogP contribution >= 0.6 is 0 Å². The van der Waals surface area contributed by atoms with Gasteiger partial charge in [0.2, 0.25) is 0 Å². The zero-order valence-electron chi connectivity index (χ0n) is 10.3. The van der Waals surface area contributed by atoms with Crippen LogP contribution in [-0.4, -0.2) is 31.1 Å². The van der Waals surface area contributed by atoms with Gasteiger partial charge in [0.15, 0.2) is 0 Å². The van der Waals surface area contributed by atoms with Gasteiger partial charge in [-0.1, -0.05) is 13.8 Å². The Hall–Kier alpha value is -0.0800. The second-order valence-corrected chi connectivity index (χ2v) is 5.79. The first-order valence-corrected chi connectivity index (χ1v) is 6.64. The minimum atomic E-state index is 0.824. The average molecular weight is 210 g/mol. The number of nitrogens with two attached hydrogens (primary N) is 1. The van der Waals surface area contributed by atoms with Crippen molar-refractivity contribution in [3.63, 3.8) is 0 Å². The molecule has 1 saturated heterocycles. The highest BCUT2D eigenvalue weighted by Crippen LogP contribution is 2.46. The Morgan fingerprint density at radius 3 is 2.60 bits per heavy atom. The van der Waals surface area contributed by atoms with E-state index in [1.807, 2.05) is 0 Å². The Labute approximate surface area is 94.2 Å². The minimum Gasteiger partial charge on any atom is -0.329 e. The molecule has 0 bridgehead atoms. The molecule has 3 atom stereocenters. The van der Waals surface area contributed by atoms with Gasteiger partial charge in [-0.3, -0.25) is 0 Å². The highest BCUT2D eigenvalue weighted by atomic mass is 15.1. The van der Waals surface area contributed by atoms with Gasteiger partial charge in [0, 0.05) is 19.6 Å². The summed E-state index contributed by atoms with van der Waals surface area (Å²) in [7, 11) is 0. The summed E-state index contributed by atoms with van der Waals surface area (Å²) in [6, 6.07) is 0. The average Bonchev–Trinajstić information content (AvgIpc) is 2.50. The third-order valence-electron chi connectivity index (χ3n) is 4.60. The molecule has 0 amide bonds. The van der Waals surface area contributed by atoms with Crippen LogP contribution in [0.3, 0.4) is 0 Å². The van der Waals surface area contributed by atoms with Crippen molar-refractivity contribution in [3.05, 3.63) is 0 Å². The van der Waals surface area contributed by atoms with E-state index in [4.69, 9.17) is 5.73 Å². The molecule has 0 aromatic rings. The Kier molecular flexibility index (Phi) is 3.68. The lowest BCUT2D eigenvalue weighted by Gasteiger charge is -2.43. The fraction of sp³-hybridized carbons (Fsp3) is 1.00. The van der Waals surface area contributed by atoms with Gasteiger partial charge in [-0.15, -0.1) is 0 Å². The second kappa shape index (κ2) is 4.84. The van der Waals surface area contributed by atoms with Crippen LogP contribution in [0.15, 0.2) is 0 Å². The molecule has 2 rings (SSSR count). The van der Waals surface area contributed by atoms with Crippen molar-refractivity contribution >= 4 is 0 Å². The molecule has 2 fully saturated rings. The number of rotatable bonds is 4. The summed E-state index contributed by atoms with van der Waals surface area (Å²) in [6.07, 6.45) is 4.40. The van der Waals surface area contributed by atoms with E-state index in [0.717, 1.165) is 36.8 Å². The Bertz CT molecular complexity index is 203. The van der Waals surface area contributed by atoms with Crippen LogP contribution in [0.1, 0.15) is 33.1 Å². The summed E-state index contributed by atoms with van der Waals surface area (Å²) < 4.78 is 0. The van der Waals surface area contributed by atoms with E-state index in [0.29, 0.717) is 0 Å². The van der Waals surface area contributed by atoms with E-state index in [2.05, 4.69) is 18.7 Å². The van der Waals surface area contributed by atoms with E-state index in [1.54, 1.807) is 0 Å². The number of hydrogen-bond donors (Lipinski definition) is 1. The van der Waals surface area contributed by atoms with E-state index >= 15 is 0 Å². The highest BCUT2D eigenvalue weighted by molar-refractivity contribution is 4.91. The van der Waals surface area contributed by atoms with Gasteiger partial charge in [-0.2, -0.15) is 0 Å². The SMILES string of the molecule is CC(C)C1CCC1C1CCN(CCN)C1. The summed E-state index contributed by atoms with van der Waals surface area (Å²) in [5.41, 5.74) is 5.61. The predicted molar refractivity (Wildman–Crippen MR) is 64.7 cm³/mol. The normalized spacial score (nSPS) is 37.2. The Balaban J connectivity index is 1.81. The molecule has 2 N–H and O–H groups in total. The maximum absolute atomic E-state index is 5.61. The van der Waals surface area contributed by atoms with Crippen LogP contribution in [0.2, 0.25) is 0 Å². The van der Waals surface area contributed by atoms with Gasteiger partial charge in [0.05, 0.1) is 0 Å². The maximum atomic E-state index is 5.61. The predicted octanol–water partition coefficient (Wildman–Crippen LogP) is 1.95. The van der Waals surface area contributed by atoms with Crippen molar-refractivity contribution in [2.75, 3.05) is 26.2 Å². The van der Waals surface area contributed by atoms with E-state index in [9.17, 15) is 0 Å². The quantitative estimate of drug-likeness (QED) is 0.768. The van der Waals surface area contributed by atoms with Crippen molar-refractivity contribution in [3.8, 4) is 0 Å². The van der Waals surface area contributed by atoms with Crippen molar-refractivity contribution in [2.45, 2.75) is 33.1 Å². The molecule has 1 aliphatic heterocycles. The molecule has 1 aliphatic carbocycles. The van der Waals surface area contributed by atoms with Gasteiger partial charge in [-0.05, 0) is 49.5 Å². The van der Waals surface area contributed by atoms with E-state index in [1.165, 1.54) is 32.4 Å². The van der Waals surface area contributed by atoms with Gasteiger partial charge < -0.3 is 10.6 Å². The van der Waals surface area contributed by atoms with Gasteiger partial charge in [0.1, 0.15) is 0 Å². The molecular formula is C13H26N2. The molecule has 1 saturated carbocycles. The highest BCUT2D eigenvalue weighted by Gasteiger charge is 2.40. The van der Waals surface area contributed by atoms with E-state index < -0.39 is 0 Å². The van der Waals surface area contributed by atoms with Gasteiger partial charge >= 0.3 is 0 Å². The summed E-state index contributed by atoms with van der Waals surface area (Å²) in [6.45, 7) is 9.34. The molecule has 2 aliphatic rings. The summed E-state index contributed by atoms with van der Waals surface area (Å²) in [5, 5.41) is 0. The molecule has 2 heteroatoms. The van der Waals surface area contributed by atoms with Crippen molar-refractivity contribution < 1.29 is 0 Å². The largest absolute Gasteiger partial charge is 0.329 e. The summed E-state index contributed by atoms with van der Waals surface area (Å²) in [5.74, 6) is 3.94. The number of nitrogens with zero attached hydrogens (tertiary/aromatic N) is 1. The van der Waals surface area contributed by atoms with Crippen molar-refractivity contribution in [2.24, 2.45) is 29.4 Å². The standard InChI is InChI=1S/C13H26N2/c1-10(2)12-3-4-13(12)11-5-7-15(9-11)8-6-14/h10-13H,3-9,14H2,1-2H3. The molecule has 0 aromatic heterocycles. The van der Waals surface area contributed by atoms with Crippen molar-refractivity contribution in [1.29, 1.82) is 0 Å². The number of hydrogen-bond acceptors (Lipinski definition) is 2. The van der Waals surface area contributed by atoms with Crippen LogP contribution in [-0.2, 0) is 0 Å². The smallest absolute Gasteiger partial charge is 0.0105 e. The lowest BCUT2D eigenvalue weighted by atomic mass is 9.62. The molecule has 0 aromatic carbocycles. The van der Waals surface area contributed by atoms with Crippen LogP contribution < -0.4 is 5.73 Å². The van der Waals surface area contributed by atoms with E-state index in [-0.39, 0.29) is 0 Å².